The fourth-order valence-electron chi connectivity index (χ4n) is 5.59. The van der Waals surface area contributed by atoms with Crippen LogP contribution < -0.4 is 10.2 Å². The zero-order chi connectivity index (χ0) is 23.8. The molecule has 0 atom stereocenters. The number of aliphatic carboxylic acids is 1. The number of hydrogen-bond donors (Lipinski definition) is 2. The van der Waals surface area contributed by atoms with Crippen LogP contribution >= 0.6 is 0 Å². The molecule has 3 aliphatic rings. The minimum Gasteiger partial charge on any atom is -0.481 e. The molecule has 182 valence electrons. The van der Waals surface area contributed by atoms with Crippen LogP contribution in [0.5, 0.6) is 0 Å². The van der Waals surface area contributed by atoms with Crippen LogP contribution in [0.2, 0.25) is 0 Å². The lowest BCUT2D eigenvalue weighted by atomic mass is 9.95. The summed E-state index contributed by atoms with van der Waals surface area (Å²) in [5, 5.41) is 14.2. The molecule has 8 nitrogen and oxygen atoms in total. The SMILES string of the molecule is O=C(O)C1CCN(c2nc(-c3ccnc(NC4CCCCC4)c3)nc3cncc(C4CC4)c23)CC1. The second kappa shape index (κ2) is 9.40. The topological polar surface area (TPSA) is 104 Å². The van der Waals surface area contributed by atoms with Gasteiger partial charge in [0.2, 0.25) is 0 Å². The first-order valence-electron chi connectivity index (χ1n) is 13.0. The van der Waals surface area contributed by atoms with Crippen LogP contribution in [0.4, 0.5) is 11.6 Å². The van der Waals surface area contributed by atoms with Gasteiger partial charge in [0.15, 0.2) is 5.82 Å². The largest absolute Gasteiger partial charge is 0.481 e. The van der Waals surface area contributed by atoms with E-state index in [0.717, 1.165) is 28.1 Å². The summed E-state index contributed by atoms with van der Waals surface area (Å²) in [7, 11) is 0. The third-order valence-corrected chi connectivity index (χ3v) is 7.75. The Labute approximate surface area is 205 Å². The highest BCUT2D eigenvalue weighted by Crippen LogP contribution is 2.45. The van der Waals surface area contributed by atoms with Crippen molar-refractivity contribution in [3.05, 3.63) is 36.3 Å². The van der Waals surface area contributed by atoms with E-state index in [1.807, 2.05) is 30.7 Å². The van der Waals surface area contributed by atoms with Crippen LogP contribution in [0.25, 0.3) is 22.3 Å². The smallest absolute Gasteiger partial charge is 0.306 e. The molecular formula is C27H32N6O2. The fourth-order valence-corrected chi connectivity index (χ4v) is 5.59. The molecule has 2 aliphatic carbocycles. The van der Waals surface area contributed by atoms with E-state index in [2.05, 4.69) is 20.2 Å². The van der Waals surface area contributed by atoms with Gasteiger partial charge in [0.25, 0.3) is 0 Å². The van der Waals surface area contributed by atoms with E-state index in [1.54, 1.807) is 0 Å². The van der Waals surface area contributed by atoms with Crippen molar-refractivity contribution in [1.29, 1.82) is 0 Å². The number of pyridine rings is 2. The normalized spacial score (nSPS) is 19.7. The Kier molecular flexibility index (Phi) is 5.96. The zero-order valence-corrected chi connectivity index (χ0v) is 20.0. The van der Waals surface area contributed by atoms with Crippen molar-refractivity contribution in [3.63, 3.8) is 0 Å². The molecule has 0 aromatic carbocycles. The van der Waals surface area contributed by atoms with Crippen molar-refractivity contribution in [3.8, 4) is 11.4 Å². The van der Waals surface area contributed by atoms with Crippen LogP contribution in [-0.2, 0) is 4.79 Å². The van der Waals surface area contributed by atoms with E-state index >= 15 is 0 Å². The summed E-state index contributed by atoms with van der Waals surface area (Å²) in [4.78, 5) is 32.9. The van der Waals surface area contributed by atoms with E-state index in [4.69, 9.17) is 9.97 Å². The van der Waals surface area contributed by atoms with Gasteiger partial charge in [-0.05, 0) is 62.1 Å². The number of carbonyl (C=O) groups is 1. The van der Waals surface area contributed by atoms with Crippen LogP contribution in [0.3, 0.4) is 0 Å². The number of anilines is 2. The average Bonchev–Trinajstić information content (AvgIpc) is 3.74. The van der Waals surface area contributed by atoms with E-state index in [-0.39, 0.29) is 5.92 Å². The quantitative estimate of drug-likeness (QED) is 0.516. The first-order chi connectivity index (χ1) is 17.2. The summed E-state index contributed by atoms with van der Waals surface area (Å²) in [5.74, 6) is 1.98. The number of hydrogen-bond acceptors (Lipinski definition) is 7. The van der Waals surface area contributed by atoms with Gasteiger partial charge in [-0.25, -0.2) is 15.0 Å². The van der Waals surface area contributed by atoms with Crippen molar-refractivity contribution < 1.29 is 9.90 Å². The van der Waals surface area contributed by atoms with E-state index < -0.39 is 5.97 Å². The van der Waals surface area contributed by atoms with Crippen molar-refractivity contribution >= 4 is 28.5 Å². The van der Waals surface area contributed by atoms with E-state index in [0.29, 0.717) is 43.7 Å². The summed E-state index contributed by atoms with van der Waals surface area (Å²) >= 11 is 0. The molecule has 1 aliphatic heterocycles. The maximum atomic E-state index is 11.5. The van der Waals surface area contributed by atoms with Gasteiger partial charge in [-0.15, -0.1) is 0 Å². The lowest BCUT2D eigenvalue weighted by Gasteiger charge is -2.32. The van der Waals surface area contributed by atoms with Crippen LogP contribution in [0.1, 0.15) is 69.3 Å². The predicted octanol–water partition coefficient (Wildman–Crippen LogP) is 5.01. The van der Waals surface area contributed by atoms with Crippen molar-refractivity contribution in [1.82, 2.24) is 19.9 Å². The molecule has 8 heteroatoms. The molecular weight excluding hydrogens is 440 g/mol. The van der Waals surface area contributed by atoms with Gasteiger partial charge in [-0.1, -0.05) is 19.3 Å². The van der Waals surface area contributed by atoms with Gasteiger partial charge in [0.1, 0.15) is 11.6 Å². The van der Waals surface area contributed by atoms with Crippen LogP contribution in [0.15, 0.2) is 30.7 Å². The molecule has 1 saturated heterocycles. The Bertz CT molecular complexity index is 1230. The molecule has 0 bridgehead atoms. The number of nitrogens with zero attached hydrogens (tertiary/aromatic N) is 5. The highest BCUT2D eigenvalue weighted by Gasteiger charge is 2.31. The second-order valence-corrected chi connectivity index (χ2v) is 10.3. The summed E-state index contributed by atoms with van der Waals surface area (Å²) in [6.07, 6.45) is 15.5. The van der Waals surface area contributed by atoms with Crippen molar-refractivity contribution in [2.75, 3.05) is 23.3 Å². The van der Waals surface area contributed by atoms with Gasteiger partial charge in [0.05, 0.1) is 17.6 Å². The molecule has 0 radical (unpaired) electrons. The second-order valence-electron chi connectivity index (χ2n) is 10.3. The number of rotatable bonds is 6. The first kappa shape index (κ1) is 22.2. The molecule has 0 amide bonds. The maximum Gasteiger partial charge on any atom is 0.306 e. The maximum absolute atomic E-state index is 11.5. The molecule has 3 fully saturated rings. The number of carboxylic acid groups (broad SMARTS) is 1. The van der Waals surface area contributed by atoms with Gasteiger partial charge in [-0.2, -0.15) is 0 Å². The lowest BCUT2D eigenvalue weighted by molar-refractivity contribution is -0.142. The number of nitrogens with one attached hydrogen (secondary N) is 1. The fraction of sp³-hybridized carbons (Fsp3) is 0.519. The Hall–Kier alpha value is -3.29. The summed E-state index contributed by atoms with van der Waals surface area (Å²) in [5.41, 5.74) is 3.01. The van der Waals surface area contributed by atoms with Gasteiger partial charge < -0.3 is 15.3 Å². The average molecular weight is 473 g/mol. The first-order valence-corrected chi connectivity index (χ1v) is 13.0. The zero-order valence-electron chi connectivity index (χ0n) is 20.0. The molecule has 6 rings (SSSR count). The molecule has 3 aromatic heterocycles. The summed E-state index contributed by atoms with van der Waals surface area (Å²) in [6, 6.07) is 4.49. The Morgan fingerprint density at radius 3 is 2.54 bits per heavy atom. The highest BCUT2D eigenvalue weighted by atomic mass is 16.4. The predicted molar refractivity (Wildman–Crippen MR) is 136 cm³/mol. The van der Waals surface area contributed by atoms with Gasteiger partial charge >= 0.3 is 5.97 Å². The monoisotopic (exact) mass is 472 g/mol. The molecule has 35 heavy (non-hydrogen) atoms. The number of carboxylic acids is 1. The van der Waals surface area contributed by atoms with Crippen molar-refractivity contribution in [2.24, 2.45) is 5.92 Å². The Morgan fingerprint density at radius 1 is 1.00 bits per heavy atom. The lowest BCUT2D eigenvalue weighted by Crippen LogP contribution is -2.37. The van der Waals surface area contributed by atoms with Crippen molar-refractivity contribution in [2.45, 2.75) is 69.7 Å². The molecule has 3 aromatic rings. The molecule has 2 N–H and O–H groups in total. The molecule has 4 heterocycles. The summed E-state index contributed by atoms with van der Waals surface area (Å²) < 4.78 is 0. The summed E-state index contributed by atoms with van der Waals surface area (Å²) in [6.45, 7) is 1.36. The Balaban J connectivity index is 1.38. The van der Waals surface area contributed by atoms with Gasteiger partial charge in [-0.3, -0.25) is 9.78 Å². The van der Waals surface area contributed by atoms with Crippen LogP contribution in [0, 0.1) is 5.92 Å². The Morgan fingerprint density at radius 2 is 1.80 bits per heavy atom. The molecule has 0 unspecified atom stereocenters. The van der Waals surface area contributed by atoms with Gasteiger partial charge in [0, 0.05) is 42.5 Å². The number of aromatic nitrogens is 4. The standard InChI is InChI=1S/C27H32N6O2/c34-27(35)18-9-12-33(13-10-18)26-24-21(17-6-7-17)15-28-16-22(24)31-25(32-26)19-8-11-29-23(14-19)30-20-4-2-1-3-5-20/h8,11,14-18,20H,1-7,9-10,12-13H2,(H,29,30)(H,34,35). The third-order valence-electron chi connectivity index (χ3n) is 7.75. The van der Waals surface area contributed by atoms with Crippen LogP contribution in [-0.4, -0.2) is 50.1 Å². The third kappa shape index (κ3) is 4.66. The minimum absolute atomic E-state index is 0.281. The number of piperidine rings is 1. The molecule has 2 saturated carbocycles. The van der Waals surface area contributed by atoms with E-state index in [9.17, 15) is 9.90 Å². The number of fused-ring (bicyclic) bond motifs is 1. The van der Waals surface area contributed by atoms with E-state index in [1.165, 1.54) is 50.5 Å². The highest BCUT2D eigenvalue weighted by molar-refractivity contribution is 5.94. The minimum atomic E-state index is -0.699. The molecule has 0 spiro atoms.